The van der Waals surface area contributed by atoms with E-state index < -0.39 is 0 Å². The highest BCUT2D eigenvalue weighted by atomic mass is 16.1. The van der Waals surface area contributed by atoms with E-state index in [1.165, 1.54) is 0 Å². The van der Waals surface area contributed by atoms with Crippen LogP contribution in [0.1, 0.15) is 16.1 Å². The minimum Gasteiger partial charge on any atom is -0.340 e. The van der Waals surface area contributed by atoms with E-state index in [1.54, 1.807) is 41.4 Å². The maximum Gasteiger partial charge on any atom is 0.275 e. The van der Waals surface area contributed by atoms with Crippen molar-refractivity contribution in [2.24, 2.45) is 7.05 Å². The van der Waals surface area contributed by atoms with Gasteiger partial charge in [0, 0.05) is 24.5 Å². The van der Waals surface area contributed by atoms with Crippen LogP contribution in [-0.2, 0) is 7.05 Å². The number of amides is 1. The van der Waals surface area contributed by atoms with Gasteiger partial charge in [-0.1, -0.05) is 12.0 Å². The van der Waals surface area contributed by atoms with Crippen LogP contribution < -0.4 is 5.32 Å². The van der Waals surface area contributed by atoms with Crippen molar-refractivity contribution in [3.05, 3.63) is 48.0 Å². The summed E-state index contributed by atoms with van der Waals surface area (Å²) in [6.45, 7) is 0. The van der Waals surface area contributed by atoms with Crippen molar-refractivity contribution in [1.82, 2.24) is 9.55 Å². The van der Waals surface area contributed by atoms with Gasteiger partial charge in [0.2, 0.25) is 0 Å². The Hall–Kier alpha value is -2.54. The van der Waals surface area contributed by atoms with E-state index in [9.17, 15) is 4.79 Å². The van der Waals surface area contributed by atoms with E-state index in [2.05, 4.69) is 16.2 Å². The number of carbonyl (C=O) groups excluding carboxylic acids is 1. The molecule has 0 spiro atoms. The van der Waals surface area contributed by atoms with Crippen molar-refractivity contribution < 1.29 is 4.79 Å². The van der Waals surface area contributed by atoms with Crippen LogP contribution in [0.15, 0.2) is 36.8 Å². The molecule has 1 aromatic carbocycles. The molecule has 1 heterocycles. The maximum absolute atomic E-state index is 11.8. The molecule has 17 heavy (non-hydrogen) atoms. The molecule has 0 aliphatic carbocycles. The molecule has 0 aliphatic heterocycles. The highest BCUT2D eigenvalue weighted by Crippen LogP contribution is 2.10. The Morgan fingerprint density at radius 3 is 3.00 bits per heavy atom. The van der Waals surface area contributed by atoms with E-state index in [0.717, 1.165) is 5.56 Å². The number of imidazole rings is 1. The van der Waals surface area contributed by atoms with Gasteiger partial charge in [-0.3, -0.25) is 4.79 Å². The third kappa shape index (κ3) is 2.52. The summed E-state index contributed by atoms with van der Waals surface area (Å²) >= 11 is 0. The van der Waals surface area contributed by atoms with Crippen molar-refractivity contribution in [2.75, 3.05) is 5.32 Å². The number of nitrogens with one attached hydrogen (secondary N) is 1. The van der Waals surface area contributed by atoms with Gasteiger partial charge < -0.3 is 9.88 Å². The maximum atomic E-state index is 11.8. The number of carbonyl (C=O) groups is 1. The summed E-state index contributed by atoms with van der Waals surface area (Å²) in [7, 11) is 1.81. The van der Waals surface area contributed by atoms with Gasteiger partial charge in [-0.25, -0.2) is 4.98 Å². The van der Waals surface area contributed by atoms with E-state index in [4.69, 9.17) is 6.42 Å². The summed E-state index contributed by atoms with van der Waals surface area (Å²) in [4.78, 5) is 15.8. The van der Waals surface area contributed by atoms with E-state index >= 15 is 0 Å². The van der Waals surface area contributed by atoms with Gasteiger partial charge >= 0.3 is 0 Å². The lowest BCUT2D eigenvalue weighted by atomic mass is 10.2. The summed E-state index contributed by atoms with van der Waals surface area (Å²) in [6.07, 6.45) is 8.51. The zero-order valence-electron chi connectivity index (χ0n) is 9.34. The molecule has 0 saturated heterocycles. The first-order valence-electron chi connectivity index (χ1n) is 5.05. The van der Waals surface area contributed by atoms with Crippen LogP contribution in [0.25, 0.3) is 0 Å². The number of nitrogens with zero attached hydrogens (tertiary/aromatic N) is 2. The molecule has 0 bridgehead atoms. The van der Waals surface area contributed by atoms with Gasteiger partial charge in [0.1, 0.15) is 5.69 Å². The average Bonchev–Trinajstić information content (AvgIpc) is 2.76. The molecule has 0 fully saturated rings. The quantitative estimate of drug-likeness (QED) is 0.790. The molecule has 4 heteroatoms. The van der Waals surface area contributed by atoms with Crippen molar-refractivity contribution in [3.8, 4) is 12.3 Å². The third-order valence-corrected chi connectivity index (χ3v) is 2.22. The molecule has 0 atom stereocenters. The fourth-order valence-electron chi connectivity index (χ4n) is 1.41. The number of terminal acetylenes is 1. The van der Waals surface area contributed by atoms with Gasteiger partial charge in [0.15, 0.2) is 0 Å². The minimum atomic E-state index is -0.250. The fourth-order valence-corrected chi connectivity index (χ4v) is 1.41. The Kier molecular flexibility index (Phi) is 2.93. The molecule has 0 unspecified atom stereocenters. The Morgan fingerprint density at radius 1 is 1.53 bits per heavy atom. The van der Waals surface area contributed by atoms with E-state index in [0.29, 0.717) is 11.4 Å². The molecule has 1 N–H and O–H groups in total. The number of anilines is 1. The van der Waals surface area contributed by atoms with Gasteiger partial charge in [-0.2, -0.15) is 0 Å². The van der Waals surface area contributed by atoms with Gasteiger partial charge in [0.05, 0.1) is 6.33 Å². The Balaban J connectivity index is 2.16. The van der Waals surface area contributed by atoms with Crippen LogP contribution in [0.2, 0.25) is 0 Å². The van der Waals surface area contributed by atoms with E-state index in [1.807, 2.05) is 7.05 Å². The highest BCUT2D eigenvalue weighted by molar-refractivity contribution is 6.02. The Morgan fingerprint density at radius 2 is 2.35 bits per heavy atom. The normalized spacial score (nSPS) is 9.65. The second-order valence-corrected chi connectivity index (χ2v) is 3.60. The number of hydrogen-bond acceptors (Lipinski definition) is 2. The first-order chi connectivity index (χ1) is 8.19. The van der Waals surface area contributed by atoms with Crippen LogP contribution in [0.5, 0.6) is 0 Å². The van der Waals surface area contributed by atoms with Crippen LogP contribution in [0.3, 0.4) is 0 Å². The van der Waals surface area contributed by atoms with Crippen molar-refractivity contribution in [2.45, 2.75) is 0 Å². The Bertz CT molecular complexity index is 593. The van der Waals surface area contributed by atoms with E-state index in [-0.39, 0.29) is 5.91 Å². The standard InChI is InChI=1S/C13H11N3O/c1-3-10-5-4-6-11(7-10)15-13(17)12-8-16(2)9-14-12/h1,4-9H,2H3,(H,15,17). The molecule has 4 nitrogen and oxygen atoms in total. The van der Waals surface area contributed by atoms with Crippen LogP contribution >= 0.6 is 0 Å². The van der Waals surface area contributed by atoms with Crippen molar-refractivity contribution in [3.63, 3.8) is 0 Å². The minimum absolute atomic E-state index is 0.250. The molecule has 0 aliphatic rings. The second kappa shape index (κ2) is 4.54. The van der Waals surface area contributed by atoms with Crippen LogP contribution in [-0.4, -0.2) is 15.5 Å². The zero-order valence-corrected chi connectivity index (χ0v) is 9.34. The summed E-state index contributed by atoms with van der Waals surface area (Å²) in [5, 5.41) is 2.74. The van der Waals surface area contributed by atoms with Gasteiger partial charge in [0.25, 0.3) is 5.91 Å². The lowest BCUT2D eigenvalue weighted by Gasteiger charge is -2.03. The predicted molar refractivity (Wildman–Crippen MR) is 65.5 cm³/mol. The SMILES string of the molecule is C#Cc1cccc(NC(=O)c2cn(C)cn2)c1. The van der Waals surface area contributed by atoms with Gasteiger partial charge in [-0.05, 0) is 18.2 Å². The number of rotatable bonds is 2. The molecule has 1 aromatic heterocycles. The summed E-state index contributed by atoms with van der Waals surface area (Å²) in [5.74, 6) is 2.26. The smallest absolute Gasteiger partial charge is 0.275 e. The van der Waals surface area contributed by atoms with Crippen molar-refractivity contribution >= 4 is 11.6 Å². The number of aromatic nitrogens is 2. The molecular formula is C13H11N3O. The molecule has 84 valence electrons. The lowest BCUT2D eigenvalue weighted by Crippen LogP contribution is -2.12. The molecule has 2 aromatic rings. The molecule has 0 radical (unpaired) electrons. The molecule has 0 saturated carbocycles. The van der Waals surface area contributed by atoms with Crippen LogP contribution in [0.4, 0.5) is 5.69 Å². The first kappa shape index (κ1) is 11.0. The Labute approximate surface area is 99.3 Å². The number of aryl methyl sites for hydroxylation is 1. The summed E-state index contributed by atoms with van der Waals surface area (Å²) in [6, 6.07) is 7.11. The summed E-state index contributed by atoms with van der Waals surface area (Å²) < 4.78 is 1.72. The zero-order chi connectivity index (χ0) is 12.3. The molecule has 2 rings (SSSR count). The van der Waals surface area contributed by atoms with Gasteiger partial charge in [-0.15, -0.1) is 6.42 Å². The fraction of sp³-hybridized carbons (Fsp3) is 0.0769. The first-order valence-corrected chi connectivity index (χ1v) is 5.05. The topological polar surface area (TPSA) is 46.9 Å². The molecular weight excluding hydrogens is 214 g/mol. The number of hydrogen-bond donors (Lipinski definition) is 1. The third-order valence-electron chi connectivity index (χ3n) is 2.22. The van der Waals surface area contributed by atoms with Crippen molar-refractivity contribution in [1.29, 1.82) is 0 Å². The number of benzene rings is 1. The summed E-state index contributed by atoms with van der Waals surface area (Å²) in [5.41, 5.74) is 1.76. The second-order valence-electron chi connectivity index (χ2n) is 3.60. The monoisotopic (exact) mass is 225 g/mol. The lowest BCUT2D eigenvalue weighted by molar-refractivity contribution is 0.102. The predicted octanol–water partition coefficient (Wildman–Crippen LogP) is 1.65. The average molecular weight is 225 g/mol. The van der Waals surface area contributed by atoms with Crippen LogP contribution in [0, 0.1) is 12.3 Å². The highest BCUT2D eigenvalue weighted by Gasteiger charge is 2.08. The largest absolute Gasteiger partial charge is 0.340 e. The molecule has 1 amide bonds.